The molecule has 0 spiro atoms. The van der Waals surface area contributed by atoms with Crippen molar-refractivity contribution in [3.05, 3.63) is 30.3 Å². The minimum absolute atomic E-state index is 0.0251. The van der Waals surface area contributed by atoms with E-state index in [4.69, 9.17) is 5.26 Å². The molecule has 0 N–H and O–H groups in total. The number of hydrogen-bond acceptors (Lipinski definition) is 3. The summed E-state index contributed by atoms with van der Waals surface area (Å²) >= 11 is 1.48. The van der Waals surface area contributed by atoms with Gasteiger partial charge in [-0.1, -0.05) is 18.2 Å². The highest BCUT2D eigenvalue weighted by atomic mass is 32.2. The van der Waals surface area contributed by atoms with E-state index in [0.29, 0.717) is 5.75 Å². The second kappa shape index (κ2) is 6.19. The maximum absolute atomic E-state index is 11.7. The van der Waals surface area contributed by atoms with Crippen molar-refractivity contribution in [2.24, 2.45) is 0 Å². The normalized spacial score (nSPS) is 11.6. The third-order valence-electron chi connectivity index (χ3n) is 2.27. The fraction of sp³-hybridized carbons (Fsp3) is 0.333. The zero-order valence-electron chi connectivity index (χ0n) is 9.38. The number of thioether (sulfide) groups is 1. The molecule has 1 unspecified atom stereocenters. The predicted molar refractivity (Wildman–Crippen MR) is 65.0 cm³/mol. The molecule has 3 nitrogen and oxygen atoms in total. The van der Waals surface area contributed by atoms with Gasteiger partial charge < -0.3 is 4.90 Å². The number of hydrogen-bond donors (Lipinski definition) is 0. The number of carbonyl (C=O) groups is 1. The van der Waals surface area contributed by atoms with E-state index in [2.05, 4.69) is 0 Å². The first-order chi connectivity index (χ1) is 7.65. The Labute approximate surface area is 100 Å². The summed E-state index contributed by atoms with van der Waals surface area (Å²) in [5.41, 5.74) is 0. The van der Waals surface area contributed by atoms with Crippen molar-refractivity contribution in [2.75, 3.05) is 12.8 Å². The minimum Gasteiger partial charge on any atom is -0.329 e. The molecule has 1 aromatic rings. The van der Waals surface area contributed by atoms with Crippen LogP contribution in [0.5, 0.6) is 0 Å². The topological polar surface area (TPSA) is 44.1 Å². The van der Waals surface area contributed by atoms with Gasteiger partial charge in [-0.3, -0.25) is 4.79 Å². The van der Waals surface area contributed by atoms with Gasteiger partial charge in [-0.2, -0.15) is 5.26 Å². The molecule has 1 rings (SSSR count). The molecule has 0 fully saturated rings. The smallest absolute Gasteiger partial charge is 0.233 e. The molecule has 0 aromatic heterocycles. The van der Waals surface area contributed by atoms with Crippen LogP contribution in [0.1, 0.15) is 6.92 Å². The number of rotatable bonds is 4. The number of amides is 1. The molecule has 0 saturated heterocycles. The molecule has 0 saturated carbocycles. The quantitative estimate of drug-likeness (QED) is 0.750. The summed E-state index contributed by atoms with van der Waals surface area (Å²) in [6.45, 7) is 1.71. The molecule has 1 aromatic carbocycles. The Morgan fingerprint density at radius 2 is 2.12 bits per heavy atom. The Kier molecular flexibility index (Phi) is 4.87. The van der Waals surface area contributed by atoms with Gasteiger partial charge in [-0.25, -0.2) is 0 Å². The number of carbonyl (C=O) groups excluding carboxylic acids is 1. The number of nitrogens with zero attached hydrogens (tertiary/aromatic N) is 2. The monoisotopic (exact) mass is 234 g/mol. The molecule has 0 heterocycles. The van der Waals surface area contributed by atoms with E-state index in [0.717, 1.165) is 4.90 Å². The Hall–Kier alpha value is -1.47. The lowest BCUT2D eigenvalue weighted by atomic mass is 10.3. The van der Waals surface area contributed by atoms with Crippen LogP contribution in [0.4, 0.5) is 0 Å². The number of benzene rings is 1. The Morgan fingerprint density at radius 1 is 1.50 bits per heavy atom. The first-order valence-electron chi connectivity index (χ1n) is 4.98. The summed E-state index contributed by atoms with van der Waals surface area (Å²) in [5, 5.41) is 8.69. The minimum atomic E-state index is -0.371. The highest BCUT2D eigenvalue weighted by Gasteiger charge is 2.14. The molecular weight excluding hydrogens is 220 g/mol. The van der Waals surface area contributed by atoms with Gasteiger partial charge in [0.2, 0.25) is 5.91 Å². The molecular formula is C12H14N2OS. The molecule has 0 aliphatic carbocycles. The third-order valence-corrected chi connectivity index (χ3v) is 3.26. The van der Waals surface area contributed by atoms with E-state index in [-0.39, 0.29) is 11.9 Å². The van der Waals surface area contributed by atoms with E-state index in [1.54, 1.807) is 14.0 Å². The van der Waals surface area contributed by atoms with E-state index in [1.807, 2.05) is 36.4 Å². The Morgan fingerprint density at radius 3 is 2.69 bits per heavy atom. The van der Waals surface area contributed by atoms with Crippen LogP contribution in [-0.4, -0.2) is 29.6 Å². The van der Waals surface area contributed by atoms with Crippen LogP contribution in [0.2, 0.25) is 0 Å². The zero-order valence-corrected chi connectivity index (χ0v) is 10.2. The van der Waals surface area contributed by atoms with Gasteiger partial charge in [0.15, 0.2) is 0 Å². The summed E-state index contributed by atoms with van der Waals surface area (Å²) in [7, 11) is 1.65. The standard InChI is InChI=1S/C12H14N2OS/c1-10(8-13)14(2)12(15)9-16-11-6-4-3-5-7-11/h3-7,10H,9H2,1-2H3. The van der Waals surface area contributed by atoms with Crippen molar-refractivity contribution in [3.63, 3.8) is 0 Å². The summed E-state index contributed by atoms with van der Waals surface area (Å²) in [6.07, 6.45) is 0. The Balaban J connectivity index is 2.45. The first kappa shape index (κ1) is 12.6. The van der Waals surface area contributed by atoms with Gasteiger partial charge in [0, 0.05) is 11.9 Å². The molecule has 0 radical (unpaired) electrons. The fourth-order valence-electron chi connectivity index (χ4n) is 1.07. The van der Waals surface area contributed by atoms with Gasteiger partial charge in [-0.15, -0.1) is 11.8 Å². The molecule has 0 aliphatic heterocycles. The van der Waals surface area contributed by atoms with E-state index >= 15 is 0 Å². The molecule has 4 heteroatoms. The van der Waals surface area contributed by atoms with E-state index in [9.17, 15) is 4.79 Å². The largest absolute Gasteiger partial charge is 0.329 e. The lowest BCUT2D eigenvalue weighted by Crippen LogP contribution is -2.35. The first-order valence-corrected chi connectivity index (χ1v) is 5.97. The molecule has 16 heavy (non-hydrogen) atoms. The zero-order chi connectivity index (χ0) is 12.0. The van der Waals surface area contributed by atoms with Crippen molar-refractivity contribution in [2.45, 2.75) is 17.9 Å². The van der Waals surface area contributed by atoms with Crippen LogP contribution in [0.25, 0.3) is 0 Å². The average Bonchev–Trinajstić information content (AvgIpc) is 2.35. The summed E-state index contributed by atoms with van der Waals surface area (Å²) in [5.74, 6) is 0.343. The third kappa shape index (κ3) is 3.59. The summed E-state index contributed by atoms with van der Waals surface area (Å²) in [6, 6.07) is 11.4. The van der Waals surface area contributed by atoms with E-state index < -0.39 is 0 Å². The SMILES string of the molecule is CC(C#N)N(C)C(=O)CSc1ccccc1. The van der Waals surface area contributed by atoms with Gasteiger partial charge in [-0.05, 0) is 19.1 Å². The average molecular weight is 234 g/mol. The predicted octanol–water partition coefficient (Wildman–Crippen LogP) is 2.15. The molecule has 84 valence electrons. The van der Waals surface area contributed by atoms with Crippen LogP contribution in [0.3, 0.4) is 0 Å². The van der Waals surface area contributed by atoms with Crippen molar-refractivity contribution < 1.29 is 4.79 Å². The second-order valence-corrected chi connectivity index (χ2v) is 4.46. The second-order valence-electron chi connectivity index (χ2n) is 3.41. The maximum Gasteiger partial charge on any atom is 0.233 e. The van der Waals surface area contributed by atoms with Crippen LogP contribution in [0.15, 0.2) is 35.2 Å². The molecule has 1 amide bonds. The lowest BCUT2D eigenvalue weighted by Gasteiger charge is -2.18. The molecule has 0 bridgehead atoms. The van der Waals surface area contributed by atoms with Gasteiger partial charge in [0.1, 0.15) is 6.04 Å². The van der Waals surface area contributed by atoms with Crippen molar-refractivity contribution >= 4 is 17.7 Å². The fourth-order valence-corrected chi connectivity index (χ4v) is 1.91. The summed E-state index contributed by atoms with van der Waals surface area (Å²) < 4.78 is 0. The highest BCUT2D eigenvalue weighted by Crippen LogP contribution is 2.17. The van der Waals surface area contributed by atoms with Crippen molar-refractivity contribution in [1.82, 2.24) is 4.90 Å². The lowest BCUT2D eigenvalue weighted by molar-refractivity contribution is -0.127. The molecule has 0 aliphatic rings. The molecule has 1 atom stereocenters. The van der Waals surface area contributed by atoms with Gasteiger partial charge >= 0.3 is 0 Å². The van der Waals surface area contributed by atoms with Crippen LogP contribution >= 0.6 is 11.8 Å². The van der Waals surface area contributed by atoms with Crippen molar-refractivity contribution in [3.8, 4) is 6.07 Å². The van der Waals surface area contributed by atoms with E-state index in [1.165, 1.54) is 16.7 Å². The Bertz CT molecular complexity index is 386. The maximum atomic E-state index is 11.7. The van der Waals surface area contributed by atoms with Crippen molar-refractivity contribution in [1.29, 1.82) is 5.26 Å². The van der Waals surface area contributed by atoms with Crippen LogP contribution in [0, 0.1) is 11.3 Å². The highest BCUT2D eigenvalue weighted by molar-refractivity contribution is 8.00. The van der Waals surface area contributed by atoms with Gasteiger partial charge in [0.05, 0.1) is 11.8 Å². The number of nitriles is 1. The van der Waals surface area contributed by atoms with Crippen LogP contribution < -0.4 is 0 Å². The van der Waals surface area contributed by atoms with Gasteiger partial charge in [0.25, 0.3) is 0 Å². The summed E-state index contributed by atoms with van der Waals surface area (Å²) in [4.78, 5) is 14.2. The van der Waals surface area contributed by atoms with Crippen LogP contribution in [-0.2, 0) is 4.79 Å².